The van der Waals surface area contributed by atoms with Gasteiger partial charge in [0.2, 0.25) is 0 Å². The summed E-state index contributed by atoms with van der Waals surface area (Å²) in [5, 5.41) is 9.34. The van der Waals surface area contributed by atoms with Gasteiger partial charge in [0.1, 0.15) is 12.2 Å². The average molecular weight is 555 g/mol. The van der Waals surface area contributed by atoms with Crippen molar-refractivity contribution in [3.8, 4) is 0 Å². The number of esters is 2. The van der Waals surface area contributed by atoms with Gasteiger partial charge in [0, 0.05) is 31.3 Å². The van der Waals surface area contributed by atoms with Crippen molar-refractivity contribution in [3.63, 3.8) is 0 Å². The third-order valence-electron chi connectivity index (χ3n) is 12.1. The monoisotopic (exact) mass is 554 g/mol. The maximum Gasteiger partial charge on any atom is 0.330 e. The number of rotatable bonds is 7. The summed E-state index contributed by atoms with van der Waals surface area (Å²) in [4.78, 5) is 35.3. The summed E-state index contributed by atoms with van der Waals surface area (Å²) in [6, 6.07) is 0. The summed E-state index contributed by atoms with van der Waals surface area (Å²) in [7, 11) is 0. The maximum absolute atomic E-state index is 12.1. The van der Waals surface area contributed by atoms with Crippen LogP contribution in [0.15, 0.2) is 34.9 Å². The van der Waals surface area contributed by atoms with Crippen LogP contribution in [0.1, 0.15) is 107 Å². The predicted molar refractivity (Wildman–Crippen MR) is 155 cm³/mol. The van der Waals surface area contributed by atoms with Gasteiger partial charge in [0.15, 0.2) is 0 Å². The molecule has 222 valence electrons. The number of hydrogen-bond donors (Lipinski definition) is 1. The summed E-state index contributed by atoms with van der Waals surface area (Å²) in [6.45, 7) is 18.6. The molecule has 0 saturated heterocycles. The number of ether oxygens (including phenoxy) is 2. The molecule has 0 heterocycles. The van der Waals surface area contributed by atoms with E-state index in [1.807, 2.05) is 0 Å². The highest BCUT2D eigenvalue weighted by Crippen LogP contribution is 2.72. The molecule has 0 unspecified atom stereocenters. The molecule has 40 heavy (non-hydrogen) atoms. The number of carboxylic acids is 1. The first-order valence-electron chi connectivity index (χ1n) is 15.1. The SMILES string of the molecule is CC(=O)O[C@@H](C/C=C(\C)C(=O)O)[C@@H](C)[C@H]1CC[C@@]2(C)C3=CC[C@H]4C(C)(C)[C@H](OC(C)=O)CC[C@]4(C)C3=CC[C@]12C. The minimum Gasteiger partial charge on any atom is -0.478 e. The molecule has 0 aromatic heterocycles. The van der Waals surface area contributed by atoms with Crippen LogP contribution < -0.4 is 0 Å². The first-order valence-corrected chi connectivity index (χ1v) is 15.1. The Balaban J connectivity index is 1.66. The second kappa shape index (κ2) is 10.5. The predicted octanol–water partition coefficient (Wildman–Crippen LogP) is 7.43. The molecule has 0 aliphatic heterocycles. The van der Waals surface area contributed by atoms with Gasteiger partial charge in [-0.25, -0.2) is 4.79 Å². The number of carbonyl (C=O) groups is 3. The molecule has 1 N–H and O–H groups in total. The first kappa shape index (κ1) is 30.6. The topological polar surface area (TPSA) is 89.9 Å². The second-order valence-electron chi connectivity index (χ2n) is 14.4. The lowest BCUT2D eigenvalue weighted by atomic mass is 9.44. The van der Waals surface area contributed by atoms with Gasteiger partial charge in [-0.3, -0.25) is 9.59 Å². The number of allylic oxidation sites excluding steroid dienone is 4. The molecule has 4 aliphatic carbocycles. The van der Waals surface area contributed by atoms with Crippen molar-refractivity contribution in [2.24, 2.45) is 39.4 Å². The summed E-state index contributed by atoms with van der Waals surface area (Å²) in [5.74, 6) is -0.637. The van der Waals surface area contributed by atoms with E-state index in [1.54, 1.807) is 13.0 Å². The zero-order valence-corrected chi connectivity index (χ0v) is 26.1. The number of carboxylic acid groups (broad SMARTS) is 1. The van der Waals surface area contributed by atoms with Gasteiger partial charge in [-0.2, -0.15) is 0 Å². The van der Waals surface area contributed by atoms with Crippen molar-refractivity contribution in [1.82, 2.24) is 0 Å². The van der Waals surface area contributed by atoms with Crippen LogP contribution in [0.5, 0.6) is 0 Å². The van der Waals surface area contributed by atoms with Crippen molar-refractivity contribution in [3.05, 3.63) is 34.9 Å². The molecular formula is C34H50O6. The molecule has 0 amide bonds. The third kappa shape index (κ3) is 4.77. The lowest BCUT2D eigenvalue weighted by Crippen LogP contribution is -2.55. The van der Waals surface area contributed by atoms with E-state index >= 15 is 0 Å². The summed E-state index contributed by atoms with van der Waals surface area (Å²) >= 11 is 0. The lowest BCUT2D eigenvalue weighted by molar-refractivity contribution is -0.165. The molecule has 4 aliphatic rings. The third-order valence-corrected chi connectivity index (χ3v) is 12.1. The largest absolute Gasteiger partial charge is 0.478 e. The Morgan fingerprint density at radius 3 is 2.27 bits per heavy atom. The molecule has 0 radical (unpaired) electrons. The highest BCUT2D eigenvalue weighted by Gasteiger charge is 2.63. The van der Waals surface area contributed by atoms with Gasteiger partial charge in [0.25, 0.3) is 0 Å². The summed E-state index contributed by atoms with van der Waals surface area (Å²) in [5.41, 5.74) is 3.21. The second-order valence-corrected chi connectivity index (χ2v) is 14.4. The Morgan fingerprint density at radius 1 is 1.00 bits per heavy atom. The van der Waals surface area contributed by atoms with E-state index in [1.165, 1.54) is 25.0 Å². The van der Waals surface area contributed by atoms with E-state index in [0.717, 1.165) is 38.5 Å². The molecule has 0 aromatic carbocycles. The van der Waals surface area contributed by atoms with E-state index in [4.69, 9.17) is 9.47 Å². The highest BCUT2D eigenvalue weighted by molar-refractivity contribution is 5.85. The van der Waals surface area contributed by atoms with Gasteiger partial charge in [0.05, 0.1) is 0 Å². The normalized spacial score (nSPS) is 38.0. The summed E-state index contributed by atoms with van der Waals surface area (Å²) in [6.07, 6.45) is 12.7. The van der Waals surface area contributed by atoms with Crippen molar-refractivity contribution >= 4 is 17.9 Å². The number of aliphatic carboxylic acids is 1. The maximum atomic E-state index is 12.1. The van der Waals surface area contributed by atoms with Gasteiger partial charge < -0.3 is 14.6 Å². The van der Waals surface area contributed by atoms with Crippen molar-refractivity contribution in [2.75, 3.05) is 0 Å². The standard InChI is InChI=1S/C34H50O6/c1-20(30(37)38)10-12-27(39-22(3)35)21(2)24-14-18-34(9)26-11-13-28-31(5,6)29(40-23(4)36)16-17-32(28,7)25(26)15-19-33(24,34)8/h10-11,15,21,24,27-29H,12-14,16-19H2,1-9H3,(H,37,38)/b20-10+/t21-,24+,27-,28-,29+,32+,33+,34-/m0/s1. The molecule has 2 fully saturated rings. The van der Waals surface area contributed by atoms with Crippen molar-refractivity contribution in [1.29, 1.82) is 0 Å². The lowest BCUT2D eigenvalue weighted by Gasteiger charge is -2.61. The Kier molecular flexibility index (Phi) is 8.01. The fraction of sp³-hybridized carbons (Fsp3) is 0.735. The van der Waals surface area contributed by atoms with E-state index in [0.29, 0.717) is 18.3 Å². The van der Waals surface area contributed by atoms with E-state index in [9.17, 15) is 19.5 Å². The Hall–Kier alpha value is -2.37. The van der Waals surface area contributed by atoms with Crippen LogP contribution in [0.4, 0.5) is 0 Å². The van der Waals surface area contributed by atoms with Crippen LogP contribution in [-0.2, 0) is 23.9 Å². The molecule has 0 aromatic rings. The van der Waals surface area contributed by atoms with Crippen LogP contribution in [0.25, 0.3) is 0 Å². The quantitative estimate of drug-likeness (QED) is 0.260. The van der Waals surface area contributed by atoms with Crippen LogP contribution in [-0.4, -0.2) is 35.2 Å². The van der Waals surface area contributed by atoms with Crippen LogP contribution in [0.3, 0.4) is 0 Å². The number of fused-ring (bicyclic) bond motifs is 5. The zero-order valence-electron chi connectivity index (χ0n) is 26.1. The average Bonchev–Trinajstić information content (AvgIpc) is 3.13. The minimum atomic E-state index is -0.944. The van der Waals surface area contributed by atoms with Crippen molar-refractivity contribution in [2.45, 2.75) is 119 Å². The van der Waals surface area contributed by atoms with Crippen LogP contribution in [0.2, 0.25) is 0 Å². The smallest absolute Gasteiger partial charge is 0.330 e. The Bertz CT molecular complexity index is 1160. The highest BCUT2D eigenvalue weighted by atomic mass is 16.5. The van der Waals surface area contributed by atoms with Gasteiger partial charge >= 0.3 is 17.9 Å². The molecule has 0 spiro atoms. The van der Waals surface area contributed by atoms with Crippen LogP contribution >= 0.6 is 0 Å². The van der Waals surface area contributed by atoms with Gasteiger partial charge in [-0.1, -0.05) is 59.8 Å². The fourth-order valence-corrected chi connectivity index (χ4v) is 9.50. The van der Waals surface area contributed by atoms with Crippen LogP contribution in [0, 0.1) is 39.4 Å². The zero-order chi connectivity index (χ0) is 29.8. The van der Waals surface area contributed by atoms with Gasteiger partial charge in [-0.05, 0) is 90.6 Å². The molecule has 6 nitrogen and oxygen atoms in total. The molecule has 4 rings (SSSR count). The Labute approximate surface area is 240 Å². The summed E-state index contributed by atoms with van der Waals surface area (Å²) < 4.78 is 11.7. The molecule has 0 bridgehead atoms. The van der Waals surface area contributed by atoms with E-state index in [2.05, 4.69) is 53.7 Å². The van der Waals surface area contributed by atoms with E-state index in [-0.39, 0.29) is 57.3 Å². The number of carbonyl (C=O) groups excluding carboxylic acids is 2. The Morgan fingerprint density at radius 2 is 1.68 bits per heavy atom. The number of hydrogen-bond acceptors (Lipinski definition) is 5. The minimum absolute atomic E-state index is 0.000631. The molecule has 2 saturated carbocycles. The van der Waals surface area contributed by atoms with Crippen molar-refractivity contribution < 1.29 is 29.0 Å². The molecule has 8 atom stereocenters. The molecule has 6 heteroatoms. The van der Waals surface area contributed by atoms with E-state index < -0.39 is 5.97 Å². The first-order chi connectivity index (χ1) is 18.5. The molecular weight excluding hydrogens is 504 g/mol. The fourth-order valence-electron chi connectivity index (χ4n) is 9.50. The van der Waals surface area contributed by atoms with Gasteiger partial charge in [-0.15, -0.1) is 0 Å².